The van der Waals surface area contributed by atoms with Gasteiger partial charge in [0.15, 0.2) is 0 Å². The Hall–Kier alpha value is -0.770. The van der Waals surface area contributed by atoms with Gasteiger partial charge in [-0.25, -0.2) is 9.38 Å². The molecule has 1 rings (SSSR count). The van der Waals surface area contributed by atoms with Crippen molar-refractivity contribution < 1.29 is 9.18 Å². The molecule has 0 N–H and O–H groups in total. The minimum Gasteiger partial charge on any atom is -0.269 e. The Bertz CT molecular complexity index is 201. The lowest BCUT2D eigenvalue weighted by atomic mass is 10.4. The summed E-state index contributed by atoms with van der Waals surface area (Å²) < 4.78 is 12.1. The number of carbonyl (C=O) groups excluding carboxylic acids is 1. The summed E-state index contributed by atoms with van der Waals surface area (Å²) in [5, 5.41) is -0.214. The van der Waals surface area contributed by atoms with Crippen LogP contribution in [0.15, 0.2) is 9.98 Å². The van der Waals surface area contributed by atoms with Crippen LogP contribution in [0.1, 0.15) is 0 Å². The summed E-state index contributed by atoms with van der Waals surface area (Å²) in [7, 11) is 0. The van der Waals surface area contributed by atoms with E-state index in [1.54, 1.807) is 0 Å². The van der Waals surface area contributed by atoms with Gasteiger partial charge in [-0.1, -0.05) is 0 Å². The van der Waals surface area contributed by atoms with E-state index in [4.69, 9.17) is 11.6 Å². The summed E-state index contributed by atoms with van der Waals surface area (Å²) >= 11 is 5.14. The Labute approximate surface area is 55.2 Å². The summed E-state index contributed by atoms with van der Waals surface area (Å²) in [4.78, 5) is 16.6. The van der Waals surface area contributed by atoms with E-state index in [-0.39, 0.29) is 5.29 Å². The fraction of sp³-hybridized carbons (Fsp3) is 0.250. The first-order chi connectivity index (χ1) is 4.20. The molecule has 0 unspecified atom stereocenters. The van der Waals surface area contributed by atoms with Crippen LogP contribution in [0.4, 0.5) is 4.39 Å². The van der Waals surface area contributed by atoms with Crippen LogP contribution < -0.4 is 0 Å². The van der Waals surface area contributed by atoms with Crippen molar-refractivity contribution in [1.82, 2.24) is 0 Å². The van der Waals surface area contributed by atoms with E-state index in [1.807, 2.05) is 0 Å². The normalized spacial score (nSPS) is 26.2. The second kappa shape index (κ2) is 2.23. The van der Waals surface area contributed by atoms with Crippen LogP contribution in [0.3, 0.4) is 0 Å². The van der Waals surface area contributed by atoms with Gasteiger partial charge in [-0.15, -0.1) is 0 Å². The number of amidine groups is 1. The highest BCUT2D eigenvalue weighted by Crippen LogP contribution is 2.01. The molecule has 0 saturated carbocycles. The van der Waals surface area contributed by atoms with Crippen molar-refractivity contribution in [2.75, 3.05) is 0 Å². The third-order valence-corrected chi connectivity index (χ3v) is 0.932. The van der Waals surface area contributed by atoms with Crippen LogP contribution in [0.2, 0.25) is 0 Å². The van der Waals surface area contributed by atoms with Gasteiger partial charge in [-0.2, -0.15) is 4.99 Å². The SMILES string of the molecule is O=C1N=C(Cl)N=C[C@H]1F. The summed E-state index contributed by atoms with van der Waals surface area (Å²) in [6, 6.07) is 0. The van der Waals surface area contributed by atoms with Gasteiger partial charge in [-0.05, 0) is 11.6 Å². The van der Waals surface area contributed by atoms with Crippen molar-refractivity contribution >= 4 is 29.0 Å². The lowest BCUT2D eigenvalue weighted by Crippen LogP contribution is -2.19. The largest absolute Gasteiger partial charge is 0.288 e. The minimum absolute atomic E-state index is 0.214. The number of hydrogen-bond acceptors (Lipinski definition) is 2. The van der Waals surface area contributed by atoms with Crippen LogP contribution in [0, 0.1) is 0 Å². The number of hydrogen-bond donors (Lipinski definition) is 0. The third-order valence-electron chi connectivity index (χ3n) is 0.750. The molecule has 0 bridgehead atoms. The molecule has 0 aromatic rings. The van der Waals surface area contributed by atoms with Crippen LogP contribution in [0.25, 0.3) is 0 Å². The summed E-state index contributed by atoms with van der Waals surface area (Å²) in [6.07, 6.45) is -0.898. The predicted octanol–water partition coefficient (Wildman–Crippen LogP) is 0.530. The second-order valence-corrected chi connectivity index (χ2v) is 1.74. The smallest absolute Gasteiger partial charge is 0.269 e. The Kier molecular flexibility index (Phi) is 1.57. The molecule has 0 spiro atoms. The van der Waals surface area contributed by atoms with E-state index in [9.17, 15) is 9.18 Å². The molecule has 1 atom stereocenters. The highest BCUT2D eigenvalue weighted by molar-refractivity contribution is 6.66. The first-order valence-corrected chi connectivity index (χ1v) is 2.54. The minimum atomic E-state index is -1.72. The Morgan fingerprint density at radius 2 is 2.44 bits per heavy atom. The first kappa shape index (κ1) is 6.35. The van der Waals surface area contributed by atoms with E-state index in [1.165, 1.54) is 0 Å². The second-order valence-electron chi connectivity index (χ2n) is 1.40. The highest BCUT2D eigenvalue weighted by atomic mass is 35.5. The van der Waals surface area contributed by atoms with Crippen molar-refractivity contribution in [2.45, 2.75) is 6.17 Å². The van der Waals surface area contributed by atoms with Gasteiger partial charge in [0.25, 0.3) is 5.91 Å². The maximum Gasteiger partial charge on any atom is 0.288 e. The van der Waals surface area contributed by atoms with Gasteiger partial charge >= 0.3 is 0 Å². The van der Waals surface area contributed by atoms with Crippen molar-refractivity contribution in [3.05, 3.63) is 0 Å². The van der Waals surface area contributed by atoms with Gasteiger partial charge < -0.3 is 0 Å². The van der Waals surface area contributed by atoms with Crippen LogP contribution in [-0.4, -0.2) is 23.6 Å². The van der Waals surface area contributed by atoms with E-state index in [0.717, 1.165) is 6.21 Å². The van der Waals surface area contributed by atoms with Crippen molar-refractivity contribution in [1.29, 1.82) is 0 Å². The molecule has 1 amide bonds. The quantitative estimate of drug-likeness (QED) is 0.462. The number of amides is 1. The van der Waals surface area contributed by atoms with Crippen LogP contribution in [-0.2, 0) is 4.79 Å². The average Bonchev–Trinajstić information content (AvgIpc) is 1.80. The molecule has 5 heteroatoms. The fourth-order valence-corrected chi connectivity index (χ4v) is 0.512. The zero-order valence-electron chi connectivity index (χ0n) is 4.21. The number of carbonyl (C=O) groups is 1. The standard InChI is InChI=1S/C4H2ClFN2O/c5-4-7-1-2(6)3(9)8-4/h1-2H/t2-/m1/s1. The van der Waals surface area contributed by atoms with E-state index in [2.05, 4.69) is 9.98 Å². The maximum atomic E-state index is 12.1. The summed E-state index contributed by atoms with van der Waals surface area (Å²) in [5.74, 6) is -0.894. The molecule has 0 fully saturated rings. The number of nitrogens with zero attached hydrogens (tertiary/aromatic N) is 2. The molecule has 0 radical (unpaired) electrons. The molecule has 1 heterocycles. The zero-order valence-corrected chi connectivity index (χ0v) is 4.97. The van der Waals surface area contributed by atoms with E-state index >= 15 is 0 Å². The molecule has 0 aromatic carbocycles. The third kappa shape index (κ3) is 1.32. The molecule has 3 nitrogen and oxygen atoms in total. The van der Waals surface area contributed by atoms with Crippen molar-refractivity contribution in [2.24, 2.45) is 9.98 Å². The lowest BCUT2D eigenvalue weighted by molar-refractivity contribution is -0.120. The fourth-order valence-electron chi connectivity index (χ4n) is 0.372. The number of alkyl halides is 1. The molecule has 9 heavy (non-hydrogen) atoms. The molecule has 0 saturated heterocycles. The summed E-state index contributed by atoms with van der Waals surface area (Å²) in [6.45, 7) is 0. The Morgan fingerprint density at radius 1 is 1.78 bits per heavy atom. The monoisotopic (exact) mass is 148 g/mol. The molecule has 0 aromatic heterocycles. The topological polar surface area (TPSA) is 41.8 Å². The average molecular weight is 149 g/mol. The van der Waals surface area contributed by atoms with E-state index in [0.29, 0.717) is 0 Å². The number of rotatable bonds is 0. The van der Waals surface area contributed by atoms with Gasteiger partial charge in [-0.3, -0.25) is 4.79 Å². The summed E-state index contributed by atoms with van der Waals surface area (Å²) in [5.41, 5.74) is 0. The number of aliphatic imine (C=N–C) groups is 2. The predicted molar refractivity (Wildman–Crippen MR) is 31.7 cm³/mol. The Balaban J connectivity index is 2.82. The maximum absolute atomic E-state index is 12.1. The molecule has 1 aliphatic rings. The van der Waals surface area contributed by atoms with E-state index < -0.39 is 12.1 Å². The van der Waals surface area contributed by atoms with Crippen molar-refractivity contribution in [3.63, 3.8) is 0 Å². The lowest BCUT2D eigenvalue weighted by Gasteiger charge is -1.99. The molecular formula is C4H2ClFN2O. The zero-order chi connectivity index (χ0) is 6.85. The van der Waals surface area contributed by atoms with Gasteiger partial charge in [0, 0.05) is 0 Å². The van der Waals surface area contributed by atoms with Crippen molar-refractivity contribution in [3.8, 4) is 0 Å². The first-order valence-electron chi connectivity index (χ1n) is 2.16. The van der Waals surface area contributed by atoms with Gasteiger partial charge in [0.1, 0.15) is 0 Å². The molecule has 48 valence electrons. The van der Waals surface area contributed by atoms with Gasteiger partial charge in [0.05, 0.1) is 6.21 Å². The molecule has 1 aliphatic heterocycles. The van der Waals surface area contributed by atoms with Crippen LogP contribution >= 0.6 is 11.6 Å². The molecule has 0 aliphatic carbocycles. The highest BCUT2D eigenvalue weighted by Gasteiger charge is 2.17. The Morgan fingerprint density at radius 3 is 2.89 bits per heavy atom. The molecular weight excluding hydrogens is 147 g/mol. The van der Waals surface area contributed by atoms with Gasteiger partial charge in [0.2, 0.25) is 11.5 Å². The van der Waals surface area contributed by atoms with Crippen LogP contribution in [0.5, 0.6) is 0 Å². The number of halogens is 2.